The molecule has 4 fully saturated rings. The van der Waals surface area contributed by atoms with E-state index in [4.69, 9.17) is 9.47 Å². The third-order valence-electron chi connectivity index (χ3n) is 11.8. The molecule has 0 aromatic rings. The van der Waals surface area contributed by atoms with Crippen molar-refractivity contribution in [2.45, 2.75) is 158 Å². The van der Waals surface area contributed by atoms with E-state index in [1.807, 2.05) is 71.1 Å². The molecule has 1 unspecified atom stereocenters. The second kappa shape index (κ2) is 11.3. The number of aliphatic hydroxyl groups is 3. The molecule has 226 valence electrons. The average Bonchev–Trinajstić information content (AvgIpc) is 2.92. The highest BCUT2D eigenvalue weighted by atomic mass is 127. The highest BCUT2D eigenvalue weighted by Gasteiger charge is 2.78. The predicted octanol–water partition coefficient (Wildman–Crippen LogP) is 6.02. The molecular weight excluding hydrogens is 611 g/mol. The van der Waals surface area contributed by atoms with Crippen molar-refractivity contribution in [2.75, 3.05) is 6.61 Å². The first-order valence-corrected chi connectivity index (χ1v) is 16.6. The summed E-state index contributed by atoms with van der Waals surface area (Å²) in [6.07, 6.45) is 7.23. The quantitative estimate of drug-likeness (QED) is 0.118. The molecule has 1 atom stereocenters. The van der Waals surface area contributed by atoms with Gasteiger partial charge in [0.15, 0.2) is 6.61 Å². The zero-order valence-corrected chi connectivity index (χ0v) is 27.5. The Morgan fingerprint density at radius 1 is 0.692 bits per heavy atom. The van der Waals surface area contributed by atoms with Crippen molar-refractivity contribution in [1.82, 2.24) is 0 Å². The molecule has 0 saturated heterocycles. The van der Waals surface area contributed by atoms with E-state index in [1.54, 1.807) is 0 Å². The number of hydrogen-bond donors (Lipinski definition) is 3. The highest BCUT2D eigenvalue weighted by molar-refractivity contribution is 14.1. The van der Waals surface area contributed by atoms with Crippen molar-refractivity contribution in [2.24, 2.45) is 16.2 Å². The maximum atomic E-state index is 13.3. The van der Waals surface area contributed by atoms with Crippen molar-refractivity contribution in [1.29, 1.82) is 0 Å². The molecule has 3 N–H and O–H groups in total. The molecule has 0 radical (unpaired) electrons. The summed E-state index contributed by atoms with van der Waals surface area (Å²) < 4.78 is 11.4. The van der Waals surface area contributed by atoms with Gasteiger partial charge >= 0.3 is 11.9 Å². The number of carbonyl (C=O) groups is 2. The third-order valence-corrected chi connectivity index (χ3v) is 13.1. The van der Waals surface area contributed by atoms with Gasteiger partial charge in [0.1, 0.15) is 9.53 Å². The van der Waals surface area contributed by atoms with Crippen LogP contribution < -0.4 is 0 Å². The van der Waals surface area contributed by atoms with E-state index >= 15 is 0 Å². The van der Waals surface area contributed by atoms with Crippen LogP contribution in [0.2, 0.25) is 0 Å². The van der Waals surface area contributed by atoms with Crippen LogP contribution in [0.1, 0.15) is 132 Å². The lowest BCUT2D eigenvalue weighted by atomic mass is 9.30. The van der Waals surface area contributed by atoms with Crippen molar-refractivity contribution in [3.8, 4) is 0 Å². The number of halogens is 1. The summed E-state index contributed by atoms with van der Waals surface area (Å²) in [6.45, 7) is 13.5. The van der Waals surface area contributed by atoms with Gasteiger partial charge in [0.05, 0.1) is 16.8 Å². The Morgan fingerprint density at radius 3 is 1.31 bits per heavy atom. The lowest BCUT2D eigenvalue weighted by Crippen LogP contribution is -2.77. The molecule has 39 heavy (non-hydrogen) atoms. The molecule has 0 aromatic heterocycles. The van der Waals surface area contributed by atoms with E-state index < -0.39 is 57.2 Å². The summed E-state index contributed by atoms with van der Waals surface area (Å²) in [7, 11) is 0. The minimum absolute atomic E-state index is 0.331. The summed E-state index contributed by atoms with van der Waals surface area (Å²) in [5, 5.41) is 36.9. The zero-order chi connectivity index (χ0) is 29.5. The number of rotatable bonds is 14. The highest BCUT2D eigenvalue weighted by Crippen LogP contribution is 2.79. The summed E-state index contributed by atoms with van der Waals surface area (Å²) in [6, 6.07) is 0. The Bertz CT molecular complexity index is 813. The van der Waals surface area contributed by atoms with Gasteiger partial charge in [-0.2, -0.15) is 0 Å². The molecule has 4 aliphatic rings. The van der Waals surface area contributed by atoms with Gasteiger partial charge in [-0.3, -0.25) is 4.79 Å². The number of ether oxygens (including phenoxy) is 2. The maximum absolute atomic E-state index is 13.3. The first-order chi connectivity index (χ1) is 18.1. The zero-order valence-electron chi connectivity index (χ0n) is 25.3. The molecular formula is C31H53IO7. The molecule has 7 nitrogen and oxygen atoms in total. The van der Waals surface area contributed by atoms with E-state index in [0.29, 0.717) is 83.5 Å². The van der Waals surface area contributed by atoms with E-state index in [0.717, 1.165) is 0 Å². The van der Waals surface area contributed by atoms with Crippen molar-refractivity contribution >= 4 is 34.5 Å². The summed E-state index contributed by atoms with van der Waals surface area (Å²) in [4.78, 5) is 25.6. The predicted molar refractivity (Wildman–Crippen MR) is 159 cm³/mol. The van der Waals surface area contributed by atoms with Gasteiger partial charge in [0.2, 0.25) is 0 Å². The number of carbonyl (C=O) groups excluding carboxylic acids is 2. The van der Waals surface area contributed by atoms with Crippen molar-refractivity contribution < 1.29 is 34.4 Å². The Kier molecular flexibility index (Phi) is 9.60. The normalized spacial score (nSPS) is 33.2. The Labute approximate surface area is 249 Å². The number of esters is 2. The van der Waals surface area contributed by atoms with Gasteiger partial charge < -0.3 is 24.8 Å². The van der Waals surface area contributed by atoms with E-state index in [1.165, 1.54) is 0 Å². The van der Waals surface area contributed by atoms with Gasteiger partial charge in [0, 0.05) is 16.2 Å². The van der Waals surface area contributed by atoms with E-state index in [2.05, 4.69) is 0 Å². The topological polar surface area (TPSA) is 113 Å². The van der Waals surface area contributed by atoms with Gasteiger partial charge in [-0.25, -0.2) is 4.79 Å². The fourth-order valence-corrected chi connectivity index (χ4v) is 9.97. The van der Waals surface area contributed by atoms with E-state index in [9.17, 15) is 24.9 Å². The summed E-state index contributed by atoms with van der Waals surface area (Å²) in [5.41, 5.74) is -5.96. The van der Waals surface area contributed by atoms with Crippen LogP contribution in [-0.4, -0.2) is 60.2 Å². The fraction of sp³-hybridized carbons (Fsp3) is 0.935. The van der Waals surface area contributed by atoms with Crippen molar-refractivity contribution in [3.63, 3.8) is 0 Å². The van der Waals surface area contributed by atoms with Gasteiger partial charge in [-0.15, -0.1) is 0 Å². The molecule has 4 rings (SSSR count). The van der Waals surface area contributed by atoms with Crippen LogP contribution in [0.3, 0.4) is 0 Å². The van der Waals surface area contributed by atoms with Gasteiger partial charge in [-0.05, 0) is 83.5 Å². The minimum Gasteiger partial charge on any atom is -0.456 e. The Hall–Kier alpha value is -0.450. The van der Waals surface area contributed by atoms with Crippen LogP contribution >= 0.6 is 22.6 Å². The SMILES string of the molecule is CCC(I)C(=O)OCC(=O)OC12CC3(C(O)(CC)CC)CC(C(O)(CC)CC)(C1)CC(C(O)(CC)CC)(C2)C3. The lowest BCUT2D eigenvalue weighted by molar-refractivity contribution is -0.345. The van der Waals surface area contributed by atoms with Crippen LogP contribution in [0.15, 0.2) is 0 Å². The Balaban J connectivity index is 2.18. The maximum Gasteiger partial charge on any atom is 0.344 e. The molecule has 0 aliphatic heterocycles. The molecule has 8 heteroatoms. The molecule has 4 saturated carbocycles. The smallest absolute Gasteiger partial charge is 0.344 e. The molecule has 0 aromatic carbocycles. The van der Waals surface area contributed by atoms with Crippen molar-refractivity contribution in [3.05, 3.63) is 0 Å². The molecule has 4 bridgehead atoms. The average molecular weight is 665 g/mol. The van der Waals surface area contributed by atoms with Crippen LogP contribution in [0.4, 0.5) is 0 Å². The second-order valence-corrected chi connectivity index (χ2v) is 14.8. The van der Waals surface area contributed by atoms with Crippen LogP contribution in [0, 0.1) is 16.2 Å². The first kappa shape index (κ1) is 33.1. The lowest BCUT2D eigenvalue weighted by Gasteiger charge is -2.77. The fourth-order valence-electron chi connectivity index (χ4n) is 9.79. The van der Waals surface area contributed by atoms with Gasteiger partial charge in [0.25, 0.3) is 0 Å². The standard InChI is InChI=1S/C31H53IO7/c1-8-22(32)24(34)38-15-23(33)39-28-19-25(29(35,9-2)10-3)16-26(20-28,30(36,11-4)12-5)18-27(17-25,21-28)31(37,13-6)14-7/h22,35-37H,8-21H2,1-7H3. The second-order valence-electron chi connectivity index (χ2n) is 13.3. The van der Waals surface area contributed by atoms with Crippen LogP contribution in [0.5, 0.6) is 0 Å². The number of alkyl halides is 1. The molecule has 0 amide bonds. The first-order valence-electron chi connectivity index (χ1n) is 15.3. The van der Waals surface area contributed by atoms with Crippen LogP contribution in [-0.2, 0) is 19.1 Å². The molecule has 0 heterocycles. The minimum atomic E-state index is -1.03. The monoisotopic (exact) mass is 664 g/mol. The third kappa shape index (κ3) is 5.09. The molecule has 4 aliphatic carbocycles. The number of hydrogen-bond acceptors (Lipinski definition) is 7. The van der Waals surface area contributed by atoms with Crippen LogP contribution in [0.25, 0.3) is 0 Å². The Morgan fingerprint density at radius 2 is 1.03 bits per heavy atom. The summed E-state index contributed by atoms with van der Waals surface area (Å²) >= 11 is 2.01. The van der Waals surface area contributed by atoms with E-state index in [-0.39, 0.29) is 3.92 Å². The molecule has 0 spiro atoms. The van der Waals surface area contributed by atoms with Gasteiger partial charge in [-0.1, -0.05) is 71.1 Å². The summed E-state index contributed by atoms with van der Waals surface area (Å²) in [5.74, 6) is -1.04. The largest absolute Gasteiger partial charge is 0.456 e.